The molecule has 1 aliphatic heterocycles. The van der Waals surface area contributed by atoms with Gasteiger partial charge in [-0.05, 0) is 155 Å². The number of para-hydroxylation sites is 2. The minimum atomic E-state index is 0.418. The molecule has 2 saturated carbocycles. The second kappa shape index (κ2) is 28.8. The maximum atomic E-state index is 3.67. The summed E-state index contributed by atoms with van der Waals surface area (Å²) in [5.41, 5.74) is 4.67. The van der Waals surface area contributed by atoms with Crippen molar-refractivity contribution in [2.24, 2.45) is 38.9 Å². The highest BCUT2D eigenvalue weighted by Gasteiger charge is 2.19. The number of hydrogen-bond acceptors (Lipinski definition) is 4. The Morgan fingerprint density at radius 1 is 0.541 bits per heavy atom. The van der Waals surface area contributed by atoms with Crippen molar-refractivity contribution in [1.82, 2.24) is 10.2 Å². The van der Waals surface area contributed by atoms with Crippen LogP contribution in [0.1, 0.15) is 181 Å². The molecule has 0 atom stereocenters. The smallest absolute Gasteiger partial charge is 0.0340 e. The van der Waals surface area contributed by atoms with Crippen LogP contribution < -0.4 is 16.0 Å². The first-order valence-electron chi connectivity index (χ1n) is 24.4. The summed E-state index contributed by atoms with van der Waals surface area (Å²) in [6.45, 7) is 40.0. The van der Waals surface area contributed by atoms with E-state index >= 15 is 0 Å². The van der Waals surface area contributed by atoms with Crippen molar-refractivity contribution in [3.63, 3.8) is 0 Å². The molecule has 1 saturated heterocycles. The van der Waals surface area contributed by atoms with E-state index in [0.29, 0.717) is 27.1 Å². The SMILES string of the molecule is CC(C)(C)C/C=C/C1CC1.CC(C)(C)CCC#CC1CC1.CC(C)(C)CCNc1ccccc1.CC(C)(C)CCNc1ccccc1.CN1CCC(NCCC(C)(C)C)CC1. The van der Waals surface area contributed by atoms with Gasteiger partial charge in [0.05, 0.1) is 0 Å². The topological polar surface area (TPSA) is 39.3 Å². The van der Waals surface area contributed by atoms with E-state index in [4.69, 9.17) is 0 Å². The first kappa shape index (κ1) is 56.3. The van der Waals surface area contributed by atoms with Crippen LogP contribution >= 0.6 is 0 Å². The molecule has 61 heavy (non-hydrogen) atoms. The Bertz CT molecular complexity index is 1380. The van der Waals surface area contributed by atoms with Crippen molar-refractivity contribution >= 4 is 11.4 Å². The normalized spacial score (nSPS) is 16.2. The first-order chi connectivity index (χ1) is 28.3. The zero-order valence-electron chi connectivity index (χ0n) is 43.1. The fourth-order valence-corrected chi connectivity index (χ4v) is 5.92. The minimum absolute atomic E-state index is 0.418. The van der Waals surface area contributed by atoms with Crippen molar-refractivity contribution in [2.75, 3.05) is 50.4 Å². The van der Waals surface area contributed by atoms with E-state index in [1.54, 1.807) is 0 Å². The molecule has 3 fully saturated rings. The second-order valence-corrected chi connectivity index (χ2v) is 24.2. The number of nitrogens with one attached hydrogen (secondary N) is 3. The number of anilines is 2. The van der Waals surface area contributed by atoms with Gasteiger partial charge >= 0.3 is 0 Å². The van der Waals surface area contributed by atoms with Crippen LogP contribution in [-0.4, -0.2) is 50.7 Å². The maximum absolute atomic E-state index is 3.67. The van der Waals surface area contributed by atoms with E-state index in [0.717, 1.165) is 37.4 Å². The highest BCUT2D eigenvalue weighted by atomic mass is 15.1. The zero-order valence-corrected chi connectivity index (χ0v) is 43.1. The van der Waals surface area contributed by atoms with Gasteiger partial charge in [-0.25, -0.2) is 0 Å². The molecule has 4 heteroatoms. The number of rotatable bonds is 12. The fourth-order valence-electron chi connectivity index (χ4n) is 5.92. The number of likely N-dealkylation sites (tertiary alicyclic amines) is 1. The number of benzene rings is 2. The summed E-state index contributed by atoms with van der Waals surface area (Å²) in [6.07, 6.45) is 20.1. The van der Waals surface area contributed by atoms with Crippen molar-refractivity contribution in [3.05, 3.63) is 72.8 Å². The summed E-state index contributed by atoms with van der Waals surface area (Å²) in [7, 11) is 2.21. The van der Waals surface area contributed by atoms with Crippen LogP contribution in [0.4, 0.5) is 11.4 Å². The number of hydrogen-bond donors (Lipinski definition) is 3. The lowest BCUT2D eigenvalue weighted by atomic mass is 9.91. The lowest BCUT2D eigenvalue weighted by Gasteiger charge is -2.30. The standard InChI is InChI=1S/C12H26N2.2C12H19N.C11H18.C10H18/c1-12(2,3)7-8-13-11-5-9-14(4)10-6-11;2*1-12(2,3)9-10-13-11-7-5-4-6-8-11;1-11(2,3)9-5-4-6-10-7-8-10;1-10(2,3)8-4-5-9-6-7-9/h11,13H,5-10H2,1-4H3;2*4-8,13H,9-10H2,1-3H3;10H,5,7-9H2,1-3H3;4-5,9H,6-8H2,1-3H3/b;;;;5-4+. The van der Waals surface area contributed by atoms with Gasteiger partial charge in [0, 0.05) is 42.8 Å². The molecular formula is C57H100N4. The van der Waals surface area contributed by atoms with Crippen LogP contribution in [0.15, 0.2) is 72.8 Å². The average Bonchev–Trinajstić information content (AvgIpc) is 4.08. The third kappa shape index (κ3) is 41.1. The van der Waals surface area contributed by atoms with E-state index in [-0.39, 0.29) is 0 Å². The highest BCUT2D eigenvalue weighted by molar-refractivity contribution is 5.42. The molecule has 348 valence electrons. The predicted octanol–water partition coefficient (Wildman–Crippen LogP) is 15.8. The van der Waals surface area contributed by atoms with Gasteiger partial charge in [0.1, 0.15) is 0 Å². The van der Waals surface area contributed by atoms with Gasteiger partial charge in [0.25, 0.3) is 0 Å². The third-order valence-electron chi connectivity index (χ3n) is 10.6. The van der Waals surface area contributed by atoms with Gasteiger partial charge in [-0.15, -0.1) is 5.92 Å². The monoisotopic (exact) mass is 841 g/mol. The van der Waals surface area contributed by atoms with E-state index in [2.05, 4.69) is 204 Å². The lowest BCUT2D eigenvalue weighted by Crippen LogP contribution is -2.41. The summed E-state index contributed by atoms with van der Waals surface area (Å²) in [6, 6.07) is 21.5. The van der Waals surface area contributed by atoms with Gasteiger partial charge in [-0.3, -0.25) is 0 Å². The molecule has 1 heterocycles. The van der Waals surface area contributed by atoms with Gasteiger partial charge in [0.15, 0.2) is 0 Å². The van der Waals surface area contributed by atoms with Crippen LogP contribution in [0.2, 0.25) is 0 Å². The van der Waals surface area contributed by atoms with E-state index in [9.17, 15) is 0 Å². The maximum Gasteiger partial charge on any atom is 0.0340 e. The van der Waals surface area contributed by atoms with Gasteiger partial charge in [0.2, 0.25) is 0 Å². The molecule has 5 rings (SSSR count). The molecule has 2 aliphatic carbocycles. The largest absolute Gasteiger partial charge is 0.385 e. The predicted molar refractivity (Wildman–Crippen MR) is 276 cm³/mol. The molecule has 0 radical (unpaired) electrons. The van der Waals surface area contributed by atoms with Crippen LogP contribution in [-0.2, 0) is 0 Å². The van der Waals surface area contributed by atoms with Crippen molar-refractivity contribution in [2.45, 2.75) is 187 Å². The average molecular weight is 841 g/mol. The Morgan fingerprint density at radius 2 is 0.967 bits per heavy atom. The molecule has 0 amide bonds. The summed E-state index contributed by atoms with van der Waals surface area (Å²) >= 11 is 0. The number of piperidine rings is 1. The molecule has 0 bridgehead atoms. The summed E-state index contributed by atoms with van der Waals surface area (Å²) in [5.74, 6) is 8.25. The summed E-state index contributed by atoms with van der Waals surface area (Å²) in [5, 5.41) is 10.5. The van der Waals surface area contributed by atoms with Crippen LogP contribution in [0, 0.1) is 50.8 Å². The molecule has 3 aliphatic rings. The minimum Gasteiger partial charge on any atom is -0.385 e. The van der Waals surface area contributed by atoms with Crippen LogP contribution in [0.5, 0.6) is 0 Å². The Hall–Kier alpha value is -2.74. The van der Waals surface area contributed by atoms with Crippen LogP contribution in [0.25, 0.3) is 0 Å². The molecule has 2 aromatic carbocycles. The third-order valence-corrected chi connectivity index (χ3v) is 10.6. The van der Waals surface area contributed by atoms with Gasteiger partial charge in [-0.1, -0.05) is 158 Å². The van der Waals surface area contributed by atoms with E-state index < -0.39 is 0 Å². The van der Waals surface area contributed by atoms with Crippen molar-refractivity contribution < 1.29 is 0 Å². The molecule has 0 spiro atoms. The Kier molecular flexibility index (Phi) is 26.6. The molecular weight excluding hydrogens is 741 g/mol. The number of nitrogens with zero attached hydrogens (tertiary/aromatic N) is 1. The molecule has 4 nitrogen and oxygen atoms in total. The quantitative estimate of drug-likeness (QED) is 0.147. The van der Waals surface area contributed by atoms with Gasteiger partial charge in [-0.2, -0.15) is 0 Å². The first-order valence-corrected chi connectivity index (χ1v) is 24.4. The molecule has 0 aromatic heterocycles. The van der Waals surface area contributed by atoms with Crippen molar-refractivity contribution in [1.29, 1.82) is 0 Å². The number of allylic oxidation sites excluding steroid dienone is 2. The van der Waals surface area contributed by atoms with Crippen molar-refractivity contribution in [3.8, 4) is 11.8 Å². The van der Waals surface area contributed by atoms with Crippen LogP contribution in [0.3, 0.4) is 0 Å². The summed E-state index contributed by atoms with van der Waals surface area (Å²) < 4.78 is 0. The lowest BCUT2D eigenvalue weighted by molar-refractivity contribution is 0.229. The highest BCUT2D eigenvalue weighted by Crippen LogP contribution is 2.31. The second-order valence-electron chi connectivity index (χ2n) is 24.2. The van der Waals surface area contributed by atoms with E-state index in [1.807, 2.05) is 12.1 Å². The summed E-state index contributed by atoms with van der Waals surface area (Å²) in [4.78, 5) is 2.42. The van der Waals surface area contributed by atoms with Gasteiger partial charge < -0.3 is 20.9 Å². The van der Waals surface area contributed by atoms with E-state index in [1.165, 1.54) is 102 Å². The zero-order chi connectivity index (χ0) is 46.0. The molecule has 2 aromatic rings. The Labute approximate surface area is 381 Å². The fraction of sp³-hybridized carbons (Fsp3) is 0.719. The Morgan fingerprint density at radius 3 is 1.34 bits per heavy atom. The molecule has 0 unspecified atom stereocenters. The molecule has 3 N–H and O–H groups in total. The Balaban J connectivity index is 0.000000383.